The minimum absolute atomic E-state index is 0.666. The molecule has 0 N–H and O–H groups in total. The van der Waals surface area contributed by atoms with Crippen LogP contribution in [0.4, 0.5) is 0 Å². The summed E-state index contributed by atoms with van der Waals surface area (Å²) in [6, 6.07) is 0. The SMILES string of the molecule is CC(C)C1CCC(C[S+](C)C)C1. The molecule has 0 spiro atoms. The van der Waals surface area contributed by atoms with Crippen LogP contribution in [0.25, 0.3) is 0 Å². The van der Waals surface area contributed by atoms with Crippen molar-refractivity contribution in [2.45, 2.75) is 33.1 Å². The van der Waals surface area contributed by atoms with Gasteiger partial charge < -0.3 is 0 Å². The molecule has 0 aromatic heterocycles. The maximum absolute atomic E-state index is 2.38. The average Bonchev–Trinajstić information content (AvgIpc) is 2.34. The summed E-state index contributed by atoms with van der Waals surface area (Å²) in [7, 11) is 0.666. The average molecular weight is 187 g/mol. The van der Waals surface area contributed by atoms with E-state index in [9.17, 15) is 0 Å². The van der Waals surface area contributed by atoms with E-state index in [4.69, 9.17) is 0 Å². The summed E-state index contributed by atoms with van der Waals surface area (Å²) in [5, 5.41) is 0. The Morgan fingerprint density at radius 3 is 2.33 bits per heavy atom. The third kappa shape index (κ3) is 3.01. The van der Waals surface area contributed by atoms with Crippen LogP contribution >= 0.6 is 0 Å². The van der Waals surface area contributed by atoms with E-state index in [0.717, 1.165) is 17.8 Å². The molecular weight excluding hydrogens is 164 g/mol. The van der Waals surface area contributed by atoms with Crippen molar-refractivity contribution in [1.82, 2.24) is 0 Å². The van der Waals surface area contributed by atoms with Crippen LogP contribution < -0.4 is 0 Å². The van der Waals surface area contributed by atoms with Crippen molar-refractivity contribution < 1.29 is 0 Å². The molecule has 0 nitrogen and oxygen atoms in total. The predicted molar refractivity (Wildman–Crippen MR) is 59.7 cm³/mol. The van der Waals surface area contributed by atoms with Crippen LogP contribution in [-0.2, 0) is 10.9 Å². The molecule has 1 aliphatic carbocycles. The third-order valence-electron chi connectivity index (χ3n) is 3.09. The Morgan fingerprint density at radius 1 is 1.25 bits per heavy atom. The van der Waals surface area contributed by atoms with Crippen molar-refractivity contribution in [1.29, 1.82) is 0 Å². The Morgan fingerprint density at radius 2 is 1.92 bits per heavy atom. The largest absolute Gasteiger partial charge is 0.110 e. The van der Waals surface area contributed by atoms with Gasteiger partial charge in [0.05, 0.1) is 12.5 Å². The van der Waals surface area contributed by atoms with Gasteiger partial charge in [0.15, 0.2) is 0 Å². The van der Waals surface area contributed by atoms with Gasteiger partial charge in [0.25, 0.3) is 0 Å². The number of hydrogen-bond acceptors (Lipinski definition) is 0. The van der Waals surface area contributed by atoms with E-state index in [2.05, 4.69) is 26.4 Å². The molecule has 1 rings (SSSR count). The molecular formula is C11H23S+. The fourth-order valence-electron chi connectivity index (χ4n) is 2.34. The second-order valence-electron chi connectivity index (χ2n) is 4.84. The summed E-state index contributed by atoms with van der Waals surface area (Å²) in [6.45, 7) is 4.76. The highest BCUT2D eigenvalue weighted by Crippen LogP contribution is 2.36. The first-order valence-corrected chi connectivity index (χ1v) is 7.34. The monoisotopic (exact) mass is 187 g/mol. The molecule has 72 valence electrons. The standard InChI is InChI=1S/C11H23S/c1-9(2)11-6-5-10(7-11)8-12(3)4/h9-11H,5-8H2,1-4H3/q+1. The zero-order chi connectivity index (χ0) is 9.14. The fraction of sp³-hybridized carbons (Fsp3) is 1.00. The molecule has 1 saturated carbocycles. The summed E-state index contributed by atoms with van der Waals surface area (Å²) in [5.41, 5.74) is 0. The molecule has 1 heteroatoms. The Bertz CT molecular complexity index is 129. The molecule has 0 aromatic carbocycles. The zero-order valence-corrected chi connectivity index (χ0v) is 9.79. The lowest BCUT2D eigenvalue weighted by Crippen LogP contribution is -2.12. The van der Waals surface area contributed by atoms with Crippen molar-refractivity contribution in [3.8, 4) is 0 Å². The highest BCUT2D eigenvalue weighted by atomic mass is 32.2. The van der Waals surface area contributed by atoms with Crippen molar-refractivity contribution >= 4 is 10.9 Å². The van der Waals surface area contributed by atoms with Gasteiger partial charge >= 0.3 is 0 Å². The van der Waals surface area contributed by atoms with Crippen molar-refractivity contribution in [2.24, 2.45) is 17.8 Å². The normalized spacial score (nSPS) is 30.5. The van der Waals surface area contributed by atoms with Crippen LogP contribution in [-0.4, -0.2) is 18.3 Å². The molecule has 0 radical (unpaired) electrons. The first kappa shape index (κ1) is 10.4. The lowest BCUT2D eigenvalue weighted by Gasteiger charge is -2.13. The van der Waals surface area contributed by atoms with Gasteiger partial charge in [-0.2, -0.15) is 0 Å². The van der Waals surface area contributed by atoms with Crippen molar-refractivity contribution in [3.63, 3.8) is 0 Å². The lowest BCUT2D eigenvalue weighted by atomic mass is 9.94. The van der Waals surface area contributed by atoms with Gasteiger partial charge in [-0.05, 0) is 42.0 Å². The minimum atomic E-state index is 0.666. The van der Waals surface area contributed by atoms with Gasteiger partial charge in [-0.15, -0.1) is 0 Å². The molecule has 1 fully saturated rings. The summed E-state index contributed by atoms with van der Waals surface area (Å²) < 4.78 is 0. The van der Waals surface area contributed by atoms with Crippen LogP contribution in [0, 0.1) is 17.8 Å². The van der Waals surface area contributed by atoms with E-state index in [1.165, 1.54) is 25.0 Å². The van der Waals surface area contributed by atoms with E-state index in [0.29, 0.717) is 10.9 Å². The maximum Gasteiger partial charge on any atom is 0.110 e. The van der Waals surface area contributed by atoms with Gasteiger partial charge in [0.2, 0.25) is 0 Å². The molecule has 2 unspecified atom stereocenters. The summed E-state index contributed by atoms with van der Waals surface area (Å²) in [6.07, 6.45) is 9.28. The second-order valence-corrected chi connectivity index (χ2v) is 7.14. The van der Waals surface area contributed by atoms with Crippen LogP contribution in [0.2, 0.25) is 0 Å². The van der Waals surface area contributed by atoms with Gasteiger partial charge in [-0.3, -0.25) is 0 Å². The molecule has 0 aromatic rings. The molecule has 1 aliphatic rings. The fourth-order valence-corrected chi connectivity index (χ4v) is 3.59. The molecule has 0 bridgehead atoms. The quantitative estimate of drug-likeness (QED) is 0.596. The molecule has 0 saturated heterocycles. The molecule has 0 amide bonds. The Kier molecular flexibility index (Phi) is 3.95. The van der Waals surface area contributed by atoms with Crippen LogP contribution in [0.15, 0.2) is 0 Å². The summed E-state index contributed by atoms with van der Waals surface area (Å²) >= 11 is 0. The number of hydrogen-bond donors (Lipinski definition) is 0. The van der Waals surface area contributed by atoms with Crippen molar-refractivity contribution in [3.05, 3.63) is 0 Å². The van der Waals surface area contributed by atoms with Crippen LogP contribution in [0.3, 0.4) is 0 Å². The summed E-state index contributed by atoms with van der Waals surface area (Å²) in [5.74, 6) is 4.52. The highest BCUT2D eigenvalue weighted by molar-refractivity contribution is 7.95. The third-order valence-corrected chi connectivity index (χ3v) is 4.23. The molecule has 2 atom stereocenters. The number of rotatable bonds is 3. The van der Waals surface area contributed by atoms with Gasteiger partial charge in [0.1, 0.15) is 5.75 Å². The van der Waals surface area contributed by atoms with Crippen LogP contribution in [0.5, 0.6) is 0 Å². The first-order valence-electron chi connectivity index (χ1n) is 5.13. The van der Waals surface area contributed by atoms with Gasteiger partial charge in [-0.25, -0.2) is 0 Å². The second kappa shape index (κ2) is 4.55. The van der Waals surface area contributed by atoms with Gasteiger partial charge in [-0.1, -0.05) is 13.8 Å². The predicted octanol–water partition coefficient (Wildman–Crippen LogP) is 2.94. The first-order chi connectivity index (χ1) is 5.59. The zero-order valence-electron chi connectivity index (χ0n) is 8.97. The Balaban J connectivity index is 2.26. The van der Waals surface area contributed by atoms with E-state index in [1.54, 1.807) is 0 Å². The Hall–Kier alpha value is 0.350. The van der Waals surface area contributed by atoms with E-state index in [1.807, 2.05) is 0 Å². The smallest absolute Gasteiger partial charge is 0.0625 e. The van der Waals surface area contributed by atoms with E-state index in [-0.39, 0.29) is 0 Å². The van der Waals surface area contributed by atoms with E-state index >= 15 is 0 Å². The van der Waals surface area contributed by atoms with Crippen molar-refractivity contribution in [2.75, 3.05) is 18.3 Å². The minimum Gasteiger partial charge on any atom is -0.0625 e. The topological polar surface area (TPSA) is 0 Å². The Labute approximate surface area is 80.5 Å². The molecule has 0 aliphatic heterocycles. The summed E-state index contributed by atoms with van der Waals surface area (Å²) in [4.78, 5) is 0. The molecule has 12 heavy (non-hydrogen) atoms. The maximum atomic E-state index is 2.38. The van der Waals surface area contributed by atoms with E-state index < -0.39 is 0 Å². The molecule has 0 heterocycles. The van der Waals surface area contributed by atoms with Gasteiger partial charge in [0, 0.05) is 5.92 Å². The lowest BCUT2D eigenvalue weighted by molar-refractivity contribution is 0.385. The van der Waals surface area contributed by atoms with Crippen LogP contribution in [0.1, 0.15) is 33.1 Å². The highest BCUT2D eigenvalue weighted by Gasteiger charge is 2.29.